The number of nitrogens with zero attached hydrogens (tertiary/aromatic N) is 2. The minimum atomic E-state index is -5.02. The summed E-state index contributed by atoms with van der Waals surface area (Å²) < 4.78 is 47.3. The number of aliphatic imine (C=N–C) groups is 1. The fourth-order valence-electron chi connectivity index (χ4n) is 3.62. The number of aliphatic hydroxyl groups is 1. The van der Waals surface area contributed by atoms with Crippen LogP contribution in [0.2, 0.25) is 5.02 Å². The van der Waals surface area contributed by atoms with E-state index in [0.717, 1.165) is 0 Å². The van der Waals surface area contributed by atoms with Crippen molar-refractivity contribution in [3.8, 4) is 5.75 Å². The summed E-state index contributed by atoms with van der Waals surface area (Å²) in [6, 6.07) is 11.7. The zero-order chi connectivity index (χ0) is 25.3. The van der Waals surface area contributed by atoms with Crippen molar-refractivity contribution in [3.05, 3.63) is 64.8 Å². The molecule has 180 valence electrons. The standard InChI is InChI=1S/C24H22ClF3N2O4/c1-22(2,14-7-9-16(25)20(11-14)34-3)12-23(33,24(26,27)28)13-29-17-5-4-6-18-15(17)8-10-19(30-18)21(31)32/h4-11,13,33H,12H2,1-3H3,(H,31,32). The molecule has 0 aliphatic heterocycles. The van der Waals surface area contributed by atoms with Crippen LogP contribution in [0.4, 0.5) is 18.9 Å². The third kappa shape index (κ3) is 5.15. The lowest BCUT2D eigenvalue weighted by molar-refractivity contribution is -0.234. The molecule has 0 aliphatic carbocycles. The van der Waals surface area contributed by atoms with Gasteiger partial charge in [-0.1, -0.05) is 37.6 Å². The van der Waals surface area contributed by atoms with E-state index in [0.29, 0.717) is 27.9 Å². The molecule has 1 unspecified atom stereocenters. The van der Waals surface area contributed by atoms with Crippen molar-refractivity contribution < 1.29 is 32.9 Å². The first kappa shape index (κ1) is 25.5. The van der Waals surface area contributed by atoms with Crippen molar-refractivity contribution in [3.63, 3.8) is 0 Å². The van der Waals surface area contributed by atoms with Gasteiger partial charge >= 0.3 is 12.1 Å². The van der Waals surface area contributed by atoms with E-state index in [2.05, 4.69) is 9.98 Å². The molecule has 1 atom stereocenters. The Bertz CT molecular complexity index is 1260. The Hall–Kier alpha value is -3.17. The van der Waals surface area contributed by atoms with E-state index >= 15 is 0 Å². The molecule has 1 heterocycles. The molecule has 6 nitrogen and oxygen atoms in total. The van der Waals surface area contributed by atoms with Gasteiger partial charge in [0.05, 0.1) is 23.3 Å². The lowest BCUT2D eigenvalue weighted by atomic mass is 9.75. The smallest absolute Gasteiger partial charge is 0.422 e. The predicted molar refractivity (Wildman–Crippen MR) is 124 cm³/mol. The van der Waals surface area contributed by atoms with Crippen LogP contribution < -0.4 is 4.74 Å². The van der Waals surface area contributed by atoms with Crippen LogP contribution in [-0.4, -0.2) is 46.3 Å². The second-order valence-corrected chi connectivity index (χ2v) is 8.84. The third-order valence-electron chi connectivity index (χ3n) is 5.48. The number of hydrogen-bond acceptors (Lipinski definition) is 5. The van der Waals surface area contributed by atoms with Gasteiger partial charge in [-0.05, 0) is 53.8 Å². The summed E-state index contributed by atoms with van der Waals surface area (Å²) in [6.07, 6.45) is -5.28. The van der Waals surface area contributed by atoms with Crippen LogP contribution in [0, 0.1) is 0 Å². The number of pyridine rings is 1. The molecule has 2 N–H and O–H groups in total. The maximum Gasteiger partial charge on any atom is 0.422 e. The number of carboxylic acid groups (broad SMARTS) is 1. The second-order valence-electron chi connectivity index (χ2n) is 8.44. The number of methoxy groups -OCH3 is 1. The topological polar surface area (TPSA) is 92.0 Å². The van der Waals surface area contributed by atoms with Gasteiger partial charge in [0.2, 0.25) is 0 Å². The zero-order valence-corrected chi connectivity index (χ0v) is 19.3. The number of aromatic carboxylic acids is 1. The third-order valence-corrected chi connectivity index (χ3v) is 5.79. The number of benzene rings is 2. The fraction of sp³-hybridized carbons (Fsp3) is 0.292. The van der Waals surface area contributed by atoms with Crippen molar-refractivity contribution in [2.45, 2.75) is 37.5 Å². The van der Waals surface area contributed by atoms with Crippen LogP contribution in [0.25, 0.3) is 10.9 Å². The average molecular weight is 495 g/mol. The molecule has 0 amide bonds. The highest BCUT2D eigenvalue weighted by Crippen LogP contribution is 2.42. The highest BCUT2D eigenvalue weighted by molar-refractivity contribution is 6.32. The van der Waals surface area contributed by atoms with Gasteiger partial charge in [0, 0.05) is 11.6 Å². The molecule has 0 spiro atoms. The van der Waals surface area contributed by atoms with Crippen LogP contribution >= 0.6 is 11.6 Å². The molecule has 2 aromatic carbocycles. The summed E-state index contributed by atoms with van der Waals surface area (Å²) in [5.74, 6) is -0.927. The number of halogens is 4. The predicted octanol–water partition coefficient (Wildman–Crippen LogP) is 5.96. The van der Waals surface area contributed by atoms with Gasteiger partial charge in [-0.2, -0.15) is 13.2 Å². The van der Waals surface area contributed by atoms with Crippen molar-refractivity contribution in [1.29, 1.82) is 0 Å². The van der Waals surface area contributed by atoms with Gasteiger partial charge in [-0.3, -0.25) is 4.99 Å². The zero-order valence-electron chi connectivity index (χ0n) is 18.5. The molecule has 0 saturated heterocycles. The molecule has 1 aromatic heterocycles. The molecule has 10 heteroatoms. The number of carbonyl (C=O) groups is 1. The van der Waals surface area contributed by atoms with E-state index in [-0.39, 0.29) is 16.9 Å². The lowest BCUT2D eigenvalue weighted by Crippen LogP contribution is -2.50. The maximum absolute atomic E-state index is 14.1. The Morgan fingerprint density at radius 1 is 1.18 bits per heavy atom. The molecule has 34 heavy (non-hydrogen) atoms. The van der Waals surface area contributed by atoms with Crippen molar-refractivity contribution in [1.82, 2.24) is 4.98 Å². The van der Waals surface area contributed by atoms with Gasteiger partial charge in [-0.15, -0.1) is 0 Å². The SMILES string of the molecule is COc1cc(C(C)(C)CC(O)(C=Nc2cccc3nc(C(=O)O)ccc23)C(F)(F)F)ccc1Cl. The van der Waals surface area contributed by atoms with E-state index < -0.39 is 29.6 Å². The quantitative estimate of drug-likeness (QED) is 0.395. The molecule has 0 saturated carbocycles. The van der Waals surface area contributed by atoms with Crippen molar-refractivity contribution in [2.75, 3.05) is 7.11 Å². The number of carboxylic acids is 1. The Balaban J connectivity index is 2.01. The average Bonchev–Trinajstić information content (AvgIpc) is 2.76. The van der Waals surface area contributed by atoms with Crippen LogP contribution in [0.15, 0.2) is 53.5 Å². The molecule has 0 radical (unpaired) electrons. The van der Waals surface area contributed by atoms with Gasteiger partial charge in [0.1, 0.15) is 11.4 Å². The van der Waals surface area contributed by atoms with Crippen molar-refractivity contribution in [2.24, 2.45) is 4.99 Å². The molecule has 3 aromatic rings. The molecule has 0 aliphatic rings. The summed E-state index contributed by atoms with van der Waals surface area (Å²) in [6.45, 7) is 3.13. The Morgan fingerprint density at radius 2 is 1.88 bits per heavy atom. The Labute approximate surface area is 198 Å². The normalized spacial score (nSPS) is 14.4. The second kappa shape index (κ2) is 9.23. The summed E-state index contributed by atoms with van der Waals surface area (Å²) >= 11 is 6.03. The van der Waals surface area contributed by atoms with E-state index in [9.17, 15) is 23.1 Å². The van der Waals surface area contributed by atoms with E-state index in [1.165, 1.54) is 49.6 Å². The van der Waals surface area contributed by atoms with Crippen molar-refractivity contribution >= 4 is 40.4 Å². The molecule has 0 bridgehead atoms. The van der Waals surface area contributed by atoms with Crippen LogP contribution in [0.5, 0.6) is 5.75 Å². The van der Waals surface area contributed by atoms with Crippen LogP contribution in [0.1, 0.15) is 36.3 Å². The minimum Gasteiger partial charge on any atom is -0.495 e. The highest BCUT2D eigenvalue weighted by atomic mass is 35.5. The maximum atomic E-state index is 14.1. The molecule has 3 rings (SSSR count). The van der Waals surface area contributed by atoms with Gasteiger partial charge in [-0.25, -0.2) is 9.78 Å². The first-order chi connectivity index (χ1) is 15.8. The van der Waals surface area contributed by atoms with Gasteiger partial charge < -0.3 is 14.9 Å². The number of hydrogen-bond donors (Lipinski definition) is 2. The van der Waals surface area contributed by atoms with Gasteiger partial charge in [0.15, 0.2) is 5.60 Å². The largest absolute Gasteiger partial charge is 0.495 e. The molecule has 0 fully saturated rings. The van der Waals surface area contributed by atoms with E-state index in [1.54, 1.807) is 19.9 Å². The van der Waals surface area contributed by atoms with Gasteiger partial charge in [0.25, 0.3) is 0 Å². The number of fused-ring (bicyclic) bond motifs is 1. The Morgan fingerprint density at radius 3 is 2.50 bits per heavy atom. The minimum absolute atomic E-state index is 0.107. The molecular formula is C24H22ClF3N2O4. The first-order valence-corrected chi connectivity index (χ1v) is 10.5. The van der Waals surface area contributed by atoms with Crippen LogP contribution in [0.3, 0.4) is 0 Å². The number of aromatic nitrogens is 1. The Kier molecular flexibility index (Phi) is 6.91. The number of rotatable bonds is 7. The summed E-state index contributed by atoms with van der Waals surface area (Å²) in [7, 11) is 1.40. The monoisotopic (exact) mass is 494 g/mol. The summed E-state index contributed by atoms with van der Waals surface area (Å²) in [5.41, 5.74) is -3.78. The van der Waals surface area contributed by atoms with Crippen LogP contribution in [-0.2, 0) is 5.41 Å². The fourth-order valence-corrected chi connectivity index (χ4v) is 3.82. The summed E-state index contributed by atoms with van der Waals surface area (Å²) in [5, 5.41) is 20.5. The number of ether oxygens (including phenoxy) is 1. The summed E-state index contributed by atoms with van der Waals surface area (Å²) in [4.78, 5) is 19.1. The lowest BCUT2D eigenvalue weighted by Gasteiger charge is -2.35. The molecular weight excluding hydrogens is 473 g/mol. The highest BCUT2D eigenvalue weighted by Gasteiger charge is 2.55. The number of alkyl halides is 3. The van der Waals surface area contributed by atoms with E-state index in [1.807, 2.05) is 0 Å². The first-order valence-electron chi connectivity index (χ1n) is 10.1. The van der Waals surface area contributed by atoms with E-state index in [4.69, 9.17) is 21.4 Å².